The number of pyridine rings is 1. The number of nitrogens with zero attached hydrogens (tertiary/aromatic N) is 2. The highest BCUT2D eigenvalue weighted by molar-refractivity contribution is 5.99. The lowest BCUT2D eigenvalue weighted by Crippen LogP contribution is -2.31. The SMILES string of the molecule is O=C(Cc1cccc(Oc2ccccc2)c1)N1Cc2ccc(C(F)(F)F)nc2Nc2ccccc21. The van der Waals surface area contributed by atoms with Crippen LogP contribution >= 0.6 is 0 Å². The van der Waals surface area contributed by atoms with Gasteiger partial charge >= 0.3 is 6.18 Å². The normalized spacial score (nSPS) is 12.7. The molecule has 176 valence electrons. The van der Waals surface area contributed by atoms with Crippen LogP contribution in [0.4, 0.5) is 30.4 Å². The van der Waals surface area contributed by atoms with E-state index in [0.717, 1.165) is 11.6 Å². The molecule has 2 heterocycles. The summed E-state index contributed by atoms with van der Waals surface area (Å²) in [5, 5.41) is 2.98. The molecule has 1 N–H and O–H groups in total. The lowest BCUT2D eigenvalue weighted by Gasteiger charge is -2.23. The van der Waals surface area contributed by atoms with Crippen molar-refractivity contribution in [1.29, 1.82) is 0 Å². The Morgan fingerprint density at radius 3 is 2.46 bits per heavy atom. The molecule has 1 aromatic heterocycles. The molecule has 3 aromatic carbocycles. The number of nitrogens with one attached hydrogen (secondary N) is 1. The summed E-state index contributed by atoms with van der Waals surface area (Å²) in [7, 11) is 0. The molecule has 8 heteroatoms. The van der Waals surface area contributed by atoms with Gasteiger partial charge in [0.15, 0.2) is 0 Å². The minimum Gasteiger partial charge on any atom is -0.457 e. The first-order valence-corrected chi connectivity index (χ1v) is 10.9. The number of carbonyl (C=O) groups excluding carboxylic acids is 1. The lowest BCUT2D eigenvalue weighted by atomic mass is 10.1. The summed E-state index contributed by atoms with van der Waals surface area (Å²) in [4.78, 5) is 18.8. The highest BCUT2D eigenvalue weighted by atomic mass is 19.4. The van der Waals surface area contributed by atoms with Crippen molar-refractivity contribution in [3.63, 3.8) is 0 Å². The van der Waals surface area contributed by atoms with Crippen LogP contribution in [-0.4, -0.2) is 10.9 Å². The molecule has 35 heavy (non-hydrogen) atoms. The van der Waals surface area contributed by atoms with Gasteiger partial charge in [-0.2, -0.15) is 13.2 Å². The fourth-order valence-electron chi connectivity index (χ4n) is 3.92. The van der Waals surface area contributed by atoms with Crippen LogP contribution in [0.3, 0.4) is 0 Å². The van der Waals surface area contributed by atoms with Crippen molar-refractivity contribution in [2.45, 2.75) is 19.1 Å². The number of hydrogen-bond acceptors (Lipinski definition) is 4. The van der Waals surface area contributed by atoms with Gasteiger partial charge in [-0.1, -0.05) is 48.5 Å². The Hall–Kier alpha value is -4.33. The fourth-order valence-corrected chi connectivity index (χ4v) is 3.92. The molecule has 0 saturated carbocycles. The number of aromatic nitrogens is 1. The third-order valence-electron chi connectivity index (χ3n) is 5.58. The molecule has 0 fully saturated rings. The van der Waals surface area contributed by atoms with Gasteiger partial charge in [0.2, 0.25) is 5.91 Å². The van der Waals surface area contributed by atoms with Gasteiger partial charge in [0.1, 0.15) is 23.0 Å². The zero-order valence-corrected chi connectivity index (χ0v) is 18.4. The Morgan fingerprint density at radius 2 is 1.66 bits per heavy atom. The number of ether oxygens (including phenoxy) is 1. The average Bonchev–Trinajstić information content (AvgIpc) is 3.01. The molecule has 4 aromatic rings. The Morgan fingerprint density at radius 1 is 0.914 bits per heavy atom. The van der Waals surface area contributed by atoms with Gasteiger partial charge in [-0.15, -0.1) is 0 Å². The first-order valence-electron chi connectivity index (χ1n) is 10.9. The maximum absolute atomic E-state index is 13.4. The monoisotopic (exact) mass is 475 g/mol. The van der Waals surface area contributed by atoms with Gasteiger partial charge in [-0.05, 0) is 48.0 Å². The van der Waals surface area contributed by atoms with Crippen molar-refractivity contribution in [1.82, 2.24) is 4.98 Å². The molecule has 0 spiro atoms. The van der Waals surface area contributed by atoms with E-state index in [1.165, 1.54) is 6.07 Å². The zero-order chi connectivity index (χ0) is 24.4. The van der Waals surface area contributed by atoms with E-state index in [4.69, 9.17) is 4.74 Å². The summed E-state index contributed by atoms with van der Waals surface area (Å²) in [6, 6.07) is 25.9. The highest BCUT2D eigenvalue weighted by Crippen LogP contribution is 2.37. The van der Waals surface area contributed by atoms with Crippen molar-refractivity contribution in [2.24, 2.45) is 0 Å². The Labute approximate surface area is 199 Å². The molecule has 0 unspecified atom stereocenters. The van der Waals surface area contributed by atoms with E-state index in [1.54, 1.807) is 35.2 Å². The number of anilines is 3. The number of benzene rings is 3. The Kier molecular flexibility index (Phi) is 5.86. The number of alkyl halides is 3. The highest BCUT2D eigenvalue weighted by Gasteiger charge is 2.34. The molecule has 0 saturated heterocycles. The molecule has 1 aliphatic heterocycles. The summed E-state index contributed by atoms with van der Waals surface area (Å²) in [6.07, 6.45) is -4.48. The number of para-hydroxylation sites is 3. The van der Waals surface area contributed by atoms with Crippen LogP contribution in [-0.2, 0) is 23.9 Å². The number of halogens is 3. The van der Waals surface area contributed by atoms with Crippen LogP contribution in [0.5, 0.6) is 11.5 Å². The maximum atomic E-state index is 13.4. The minimum absolute atomic E-state index is 0.0841. The summed E-state index contributed by atoms with van der Waals surface area (Å²) >= 11 is 0. The van der Waals surface area contributed by atoms with E-state index in [1.807, 2.05) is 48.5 Å². The van der Waals surface area contributed by atoms with Gasteiger partial charge in [0.05, 0.1) is 24.3 Å². The largest absolute Gasteiger partial charge is 0.457 e. The fraction of sp³-hybridized carbons (Fsp3) is 0.111. The number of fused-ring (bicyclic) bond motifs is 2. The van der Waals surface area contributed by atoms with E-state index in [2.05, 4.69) is 10.3 Å². The smallest absolute Gasteiger partial charge is 0.433 e. The van der Waals surface area contributed by atoms with Crippen LogP contribution in [0, 0.1) is 0 Å². The van der Waals surface area contributed by atoms with Crippen LogP contribution in [0.15, 0.2) is 91.0 Å². The average molecular weight is 475 g/mol. The van der Waals surface area contributed by atoms with Crippen LogP contribution < -0.4 is 15.0 Å². The van der Waals surface area contributed by atoms with Gasteiger partial charge < -0.3 is 15.0 Å². The van der Waals surface area contributed by atoms with Gasteiger partial charge in [0.25, 0.3) is 0 Å². The topological polar surface area (TPSA) is 54.5 Å². The maximum Gasteiger partial charge on any atom is 0.433 e. The van der Waals surface area contributed by atoms with Crippen molar-refractivity contribution in [3.8, 4) is 11.5 Å². The second-order valence-corrected chi connectivity index (χ2v) is 8.06. The molecule has 5 rings (SSSR count). The summed E-state index contributed by atoms with van der Waals surface area (Å²) in [6.45, 7) is 0.0868. The molecular formula is C27H20F3N3O2. The zero-order valence-electron chi connectivity index (χ0n) is 18.4. The summed E-state index contributed by atoms with van der Waals surface area (Å²) in [5.74, 6) is 1.17. The van der Waals surface area contributed by atoms with Crippen LogP contribution in [0.1, 0.15) is 16.8 Å². The van der Waals surface area contributed by atoms with Crippen LogP contribution in [0.2, 0.25) is 0 Å². The predicted molar refractivity (Wildman–Crippen MR) is 127 cm³/mol. The van der Waals surface area contributed by atoms with E-state index in [-0.39, 0.29) is 24.7 Å². The third-order valence-corrected chi connectivity index (χ3v) is 5.58. The number of rotatable bonds is 4. The predicted octanol–water partition coefficient (Wildman–Crippen LogP) is 6.73. The van der Waals surface area contributed by atoms with Crippen molar-refractivity contribution in [2.75, 3.05) is 10.2 Å². The van der Waals surface area contributed by atoms with Gasteiger partial charge in [-0.3, -0.25) is 4.79 Å². The third kappa shape index (κ3) is 4.96. The van der Waals surface area contributed by atoms with Gasteiger partial charge in [0, 0.05) is 5.56 Å². The van der Waals surface area contributed by atoms with E-state index >= 15 is 0 Å². The van der Waals surface area contributed by atoms with Gasteiger partial charge in [-0.25, -0.2) is 4.98 Å². The first kappa shape index (κ1) is 22.5. The second kappa shape index (κ2) is 9.13. The van der Waals surface area contributed by atoms with Crippen LogP contribution in [0.25, 0.3) is 0 Å². The standard InChI is InChI=1S/C27H20F3N3O2/c28-27(29,30)24-14-13-19-17-33(23-12-5-4-11-22(23)31-26(19)32-24)25(34)16-18-7-6-10-21(15-18)35-20-8-2-1-3-9-20/h1-15H,16-17H2,(H,31,32). The Balaban J connectivity index is 1.42. The molecule has 0 aliphatic carbocycles. The molecule has 0 radical (unpaired) electrons. The first-order chi connectivity index (χ1) is 16.9. The van der Waals surface area contributed by atoms with Crippen molar-refractivity contribution < 1.29 is 22.7 Å². The van der Waals surface area contributed by atoms with Crippen molar-refractivity contribution in [3.05, 3.63) is 108 Å². The molecule has 1 aliphatic rings. The molecule has 1 amide bonds. The molecule has 0 atom stereocenters. The van der Waals surface area contributed by atoms with E-state index in [0.29, 0.717) is 28.4 Å². The molecular weight excluding hydrogens is 455 g/mol. The molecule has 0 bridgehead atoms. The Bertz CT molecular complexity index is 1370. The quantitative estimate of drug-likeness (QED) is 0.356. The minimum atomic E-state index is -4.56. The molecule has 5 nitrogen and oxygen atoms in total. The summed E-state index contributed by atoms with van der Waals surface area (Å²) in [5.41, 5.74) is 1.33. The lowest BCUT2D eigenvalue weighted by molar-refractivity contribution is -0.141. The summed E-state index contributed by atoms with van der Waals surface area (Å²) < 4.78 is 45.5. The number of carbonyl (C=O) groups is 1. The van der Waals surface area contributed by atoms with E-state index < -0.39 is 11.9 Å². The van der Waals surface area contributed by atoms with E-state index in [9.17, 15) is 18.0 Å². The van der Waals surface area contributed by atoms with Crippen molar-refractivity contribution >= 4 is 23.1 Å². The number of amides is 1. The second-order valence-electron chi connectivity index (χ2n) is 8.06. The number of hydrogen-bond donors (Lipinski definition) is 1.